The molecule has 3 aromatic rings. The van der Waals surface area contributed by atoms with Crippen molar-refractivity contribution in [1.82, 2.24) is 9.78 Å². The van der Waals surface area contributed by atoms with Crippen LogP contribution in [0.5, 0.6) is 0 Å². The van der Waals surface area contributed by atoms with Crippen molar-refractivity contribution in [1.29, 1.82) is 0 Å². The van der Waals surface area contributed by atoms with E-state index in [9.17, 15) is 4.79 Å². The van der Waals surface area contributed by atoms with Crippen molar-refractivity contribution >= 4 is 45.1 Å². The number of anilines is 1. The average Bonchev–Trinajstić information content (AvgIpc) is 3.10. The highest BCUT2D eigenvalue weighted by molar-refractivity contribution is 9.10. The molecule has 0 spiro atoms. The van der Waals surface area contributed by atoms with E-state index >= 15 is 0 Å². The first-order valence-electron chi connectivity index (χ1n) is 7.79. The largest absolute Gasteiger partial charge is 0.307 e. The summed E-state index contributed by atoms with van der Waals surface area (Å²) in [5.41, 5.74) is 2.82. The summed E-state index contributed by atoms with van der Waals surface area (Å²) in [5.74, 6) is 0.518. The molecule has 0 aliphatic carbocycles. The average molecular weight is 416 g/mol. The molecule has 1 N–H and O–H groups in total. The molecular weight excluding hydrogens is 398 g/mol. The van der Waals surface area contributed by atoms with Gasteiger partial charge in [-0.25, -0.2) is 0 Å². The third-order valence-corrected chi connectivity index (χ3v) is 5.25. The van der Waals surface area contributed by atoms with Crippen LogP contribution in [0.3, 0.4) is 0 Å². The van der Waals surface area contributed by atoms with E-state index in [0.717, 1.165) is 26.2 Å². The summed E-state index contributed by atoms with van der Waals surface area (Å²) in [5, 5.41) is 7.41. The number of nitrogens with one attached hydrogen (secondary N) is 1. The normalized spacial score (nSPS) is 11.2. The predicted octanol–water partition coefficient (Wildman–Crippen LogP) is 5.18. The number of rotatable bonds is 4. The van der Waals surface area contributed by atoms with Crippen LogP contribution in [-0.4, -0.2) is 15.7 Å². The third-order valence-electron chi connectivity index (χ3n) is 3.76. The minimum absolute atomic E-state index is 0.174. The molecule has 0 radical (unpaired) electrons. The first-order valence-corrected chi connectivity index (χ1v) is 9.40. The standard InChI is InChI=1S/C19H18BrN3OS/c1-12-4-9-16(25-12)10-11-17(24)21-19-18(13(2)22-23(19)3)14-5-7-15(20)8-6-14/h4-11H,1-3H3,(H,21,24)/b11-10+. The molecule has 0 unspecified atom stereocenters. The summed E-state index contributed by atoms with van der Waals surface area (Å²) < 4.78 is 2.71. The lowest BCUT2D eigenvalue weighted by molar-refractivity contribution is -0.111. The van der Waals surface area contributed by atoms with Crippen molar-refractivity contribution in [3.05, 3.63) is 62.4 Å². The fraction of sp³-hybridized carbons (Fsp3) is 0.158. The van der Waals surface area contributed by atoms with Gasteiger partial charge >= 0.3 is 0 Å². The fourth-order valence-corrected chi connectivity index (χ4v) is 3.67. The number of carbonyl (C=O) groups excluding carboxylic acids is 1. The van der Waals surface area contributed by atoms with Crippen molar-refractivity contribution in [2.75, 3.05) is 5.32 Å². The van der Waals surface area contributed by atoms with Gasteiger partial charge in [0.05, 0.1) is 5.69 Å². The van der Waals surface area contributed by atoms with Gasteiger partial charge in [-0.2, -0.15) is 5.10 Å². The second-order valence-electron chi connectivity index (χ2n) is 5.71. The van der Waals surface area contributed by atoms with Crippen LogP contribution in [0.4, 0.5) is 5.82 Å². The summed E-state index contributed by atoms with van der Waals surface area (Å²) in [6.45, 7) is 3.99. The van der Waals surface area contributed by atoms with Crippen molar-refractivity contribution in [3.63, 3.8) is 0 Å². The Morgan fingerprint density at radius 1 is 1.20 bits per heavy atom. The number of hydrogen-bond acceptors (Lipinski definition) is 3. The summed E-state index contributed by atoms with van der Waals surface area (Å²) in [7, 11) is 1.83. The number of aromatic nitrogens is 2. The van der Waals surface area contributed by atoms with Gasteiger partial charge in [-0.15, -0.1) is 11.3 Å². The molecule has 0 bridgehead atoms. The predicted molar refractivity (Wildman–Crippen MR) is 108 cm³/mol. The van der Waals surface area contributed by atoms with Gasteiger partial charge in [-0.1, -0.05) is 28.1 Å². The Morgan fingerprint density at radius 3 is 2.56 bits per heavy atom. The van der Waals surface area contributed by atoms with Gasteiger partial charge in [0.2, 0.25) is 5.91 Å². The highest BCUT2D eigenvalue weighted by Gasteiger charge is 2.16. The molecule has 128 valence electrons. The molecule has 0 fully saturated rings. The van der Waals surface area contributed by atoms with Gasteiger partial charge in [0, 0.05) is 32.9 Å². The Balaban J connectivity index is 1.86. The van der Waals surface area contributed by atoms with Crippen LogP contribution in [0.1, 0.15) is 15.4 Å². The first kappa shape index (κ1) is 17.6. The van der Waals surface area contributed by atoms with Gasteiger partial charge in [0.1, 0.15) is 5.82 Å². The highest BCUT2D eigenvalue weighted by atomic mass is 79.9. The highest BCUT2D eigenvalue weighted by Crippen LogP contribution is 2.31. The van der Waals surface area contributed by atoms with Crippen LogP contribution in [-0.2, 0) is 11.8 Å². The van der Waals surface area contributed by atoms with E-state index in [-0.39, 0.29) is 5.91 Å². The van der Waals surface area contributed by atoms with Crippen LogP contribution < -0.4 is 5.32 Å². The lowest BCUT2D eigenvalue weighted by Crippen LogP contribution is -2.12. The van der Waals surface area contributed by atoms with Crippen LogP contribution in [0, 0.1) is 13.8 Å². The molecular formula is C19H18BrN3OS. The number of hydrogen-bond donors (Lipinski definition) is 1. The van der Waals surface area contributed by atoms with E-state index in [2.05, 4.69) is 26.3 Å². The summed E-state index contributed by atoms with van der Waals surface area (Å²) >= 11 is 5.10. The number of benzene rings is 1. The van der Waals surface area contributed by atoms with E-state index in [4.69, 9.17) is 0 Å². The minimum Gasteiger partial charge on any atom is -0.307 e. The molecule has 2 aromatic heterocycles. The van der Waals surface area contributed by atoms with Gasteiger partial charge in [-0.05, 0) is 49.8 Å². The topological polar surface area (TPSA) is 46.9 Å². The SMILES string of the molecule is Cc1ccc(/C=C/C(=O)Nc2c(-c3ccc(Br)cc3)c(C)nn2C)s1. The van der Waals surface area contributed by atoms with E-state index in [0.29, 0.717) is 5.82 Å². The zero-order valence-electron chi connectivity index (χ0n) is 14.2. The molecule has 0 atom stereocenters. The molecule has 6 heteroatoms. The quantitative estimate of drug-likeness (QED) is 0.596. The number of carbonyl (C=O) groups is 1. The van der Waals surface area contributed by atoms with Gasteiger partial charge in [-0.3, -0.25) is 9.48 Å². The molecule has 0 aliphatic rings. The zero-order valence-corrected chi connectivity index (χ0v) is 16.6. The molecule has 0 aliphatic heterocycles. The van der Waals surface area contributed by atoms with Gasteiger partial charge < -0.3 is 5.32 Å². The number of thiophene rings is 1. The maximum Gasteiger partial charge on any atom is 0.249 e. The van der Waals surface area contributed by atoms with Crippen molar-refractivity contribution in [2.45, 2.75) is 13.8 Å². The molecule has 0 saturated carbocycles. The maximum absolute atomic E-state index is 12.3. The monoisotopic (exact) mass is 415 g/mol. The smallest absolute Gasteiger partial charge is 0.249 e. The Bertz CT molecular complexity index is 938. The Kier molecular flexibility index (Phi) is 5.20. The van der Waals surface area contributed by atoms with Crippen molar-refractivity contribution in [2.24, 2.45) is 7.05 Å². The van der Waals surface area contributed by atoms with Gasteiger partial charge in [0.15, 0.2) is 0 Å². The van der Waals surface area contributed by atoms with Crippen LogP contribution >= 0.6 is 27.3 Å². The molecule has 1 amide bonds. The minimum atomic E-state index is -0.174. The summed E-state index contributed by atoms with van der Waals surface area (Å²) in [4.78, 5) is 14.6. The lowest BCUT2D eigenvalue weighted by Gasteiger charge is -2.07. The second-order valence-corrected chi connectivity index (χ2v) is 7.95. The van der Waals surface area contributed by atoms with E-state index in [1.165, 1.54) is 4.88 Å². The van der Waals surface area contributed by atoms with Gasteiger partial charge in [0.25, 0.3) is 0 Å². The summed E-state index contributed by atoms with van der Waals surface area (Å²) in [6.07, 6.45) is 3.38. The van der Waals surface area contributed by atoms with E-state index < -0.39 is 0 Å². The Hall–Kier alpha value is -2.18. The number of aryl methyl sites for hydroxylation is 3. The zero-order chi connectivity index (χ0) is 18.0. The van der Waals surface area contributed by atoms with Crippen LogP contribution in [0.15, 0.2) is 46.9 Å². The summed E-state index contributed by atoms with van der Waals surface area (Å²) in [6, 6.07) is 12.0. The molecule has 4 nitrogen and oxygen atoms in total. The third kappa shape index (κ3) is 4.08. The second kappa shape index (κ2) is 7.37. The molecule has 3 rings (SSSR count). The molecule has 0 saturated heterocycles. The molecule has 25 heavy (non-hydrogen) atoms. The fourth-order valence-electron chi connectivity index (χ4n) is 2.62. The van der Waals surface area contributed by atoms with E-state index in [1.807, 2.05) is 63.4 Å². The Labute approximate surface area is 159 Å². The first-order chi connectivity index (χ1) is 11.9. The lowest BCUT2D eigenvalue weighted by atomic mass is 10.1. The van der Waals surface area contributed by atoms with Crippen molar-refractivity contribution < 1.29 is 4.79 Å². The van der Waals surface area contributed by atoms with E-state index in [1.54, 1.807) is 22.1 Å². The molecule has 2 heterocycles. The van der Waals surface area contributed by atoms with Crippen molar-refractivity contribution in [3.8, 4) is 11.1 Å². The number of amides is 1. The number of nitrogens with zero attached hydrogens (tertiary/aromatic N) is 2. The molecule has 1 aromatic carbocycles. The maximum atomic E-state index is 12.3. The number of halogens is 1. The van der Waals surface area contributed by atoms with Crippen LogP contribution in [0.2, 0.25) is 0 Å². The Morgan fingerprint density at radius 2 is 1.92 bits per heavy atom. The van der Waals surface area contributed by atoms with Crippen LogP contribution in [0.25, 0.3) is 17.2 Å².